The summed E-state index contributed by atoms with van der Waals surface area (Å²) in [4.78, 5) is 2.38. The lowest BCUT2D eigenvalue weighted by atomic mass is 10.1. The number of rotatable bonds is 7. The second kappa shape index (κ2) is 11.9. The Morgan fingerprint density at radius 1 is 1.00 bits per heavy atom. The van der Waals surface area contributed by atoms with Gasteiger partial charge in [0.2, 0.25) is 0 Å². The largest absolute Gasteiger partial charge is 0.304 e. The minimum absolute atomic E-state index is 1.19. The van der Waals surface area contributed by atoms with Crippen LogP contribution in [-0.4, -0.2) is 24.5 Å². The summed E-state index contributed by atoms with van der Waals surface area (Å²) in [5.41, 5.74) is 1.62. The fraction of sp³-hybridized carbons (Fsp3) is 0.750. The van der Waals surface area contributed by atoms with Crippen molar-refractivity contribution >= 4 is 0 Å². The van der Waals surface area contributed by atoms with Crippen molar-refractivity contribution in [2.24, 2.45) is 0 Å². The maximum atomic E-state index is 2.38. The molecule has 1 rings (SSSR count). The van der Waals surface area contributed by atoms with E-state index in [1.54, 1.807) is 5.57 Å². The molecule has 1 aliphatic rings. The second-order valence-corrected chi connectivity index (χ2v) is 4.53. The molecular formula is C16H31N. The van der Waals surface area contributed by atoms with Gasteiger partial charge in [0.25, 0.3) is 0 Å². The Hall–Kier alpha value is -0.560. The molecule has 1 nitrogen and oxygen atoms in total. The predicted octanol–water partition coefficient (Wildman–Crippen LogP) is 4.80. The molecule has 0 saturated heterocycles. The van der Waals surface area contributed by atoms with E-state index in [2.05, 4.69) is 50.8 Å². The summed E-state index contributed by atoms with van der Waals surface area (Å²) in [5.74, 6) is 0. The summed E-state index contributed by atoms with van der Waals surface area (Å²) in [6.07, 6.45) is 13.3. The second-order valence-electron chi connectivity index (χ2n) is 4.53. The van der Waals surface area contributed by atoms with Crippen LogP contribution < -0.4 is 0 Å². The van der Waals surface area contributed by atoms with Crippen LogP contribution in [0.5, 0.6) is 0 Å². The molecule has 0 aromatic rings. The molecule has 0 atom stereocenters. The van der Waals surface area contributed by atoms with E-state index < -0.39 is 0 Å². The summed E-state index contributed by atoms with van der Waals surface area (Å²) in [5, 5.41) is 0. The number of nitrogens with zero attached hydrogens (tertiary/aromatic N) is 1. The Kier molecular flexibility index (Phi) is 11.5. The summed E-state index contributed by atoms with van der Waals surface area (Å²) in [7, 11) is 0. The third kappa shape index (κ3) is 9.17. The van der Waals surface area contributed by atoms with Gasteiger partial charge in [0.15, 0.2) is 0 Å². The van der Waals surface area contributed by atoms with Crippen molar-refractivity contribution in [1.82, 2.24) is 4.90 Å². The molecule has 0 radical (unpaired) electrons. The highest BCUT2D eigenvalue weighted by molar-refractivity contribution is 5.22. The van der Waals surface area contributed by atoms with Crippen molar-refractivity contribution in [3.63, 3.8) is 0 Å². The highest BCUT2D eigenvalue weighted by Gasteiger charge is 1.97. The fourth-order valence-electron chi connectivity index (χ4n) is 1.95. The Balaban J connectivity index is 0.000000325. The maximum absolute atomic E-state index is 2.38. The van der Waals surface area contributed by atoms with E-state index in [4.69, 9.17) is 0 Å². The van der Waals surface area contributed by atoms with Crippen LogP contribution in [0.25, 0.3) is 0 Å². The minimum Gasteiger partial charge on any atom is -0.304 e. The maximum Gasteiger partial charge on any atom is -0.00474 e. The molecule has 0 aliphatic heterocycles. The zero-order valence-electron chi connectivity index (χ0n) is 12.3. The summed E-state index contributed by atoms with van der Waals surface area (Å²) in [6.45, 7) is 12.4. The lowest BCUT2D eigenvalue weighted by Crippen LogP contribution is -2.21. The number of unbranched alkanes of at least 4 members (excludes halogenated alkanes) is 2. The van der Waals surface area contributed by atoms with Crippen molar-refractivity contribution in [3.05, 3.63) is 23.8 Å². The molecule has 0 spiro atoms. The minimum atomic E-state index is 1.19. The molecule has 0 aromatic heterocycles. The first-order valence-corrected chi connectivity index (χ1v) is 7.35. The molecule has 0 fully saturated rings. The van der Waals surface area contributed by atoms with Gasteiger partial charge in [-0.15, -0.1) is 0 Å². The standard InChI is InChI=1S/C10H16.C6H15N/c1-2-3-4-7-10-8-5-6-9-10;1-4-7(5-2)6-3/h5-6,8H,2-4,7,9H2,1H3;4-6H2,1-3H3. The molecule has 1 heteroatoms. The molecule has 100 valence electrons. The van der Waals surface area contributed by atoms with Crippen LogP contribution in [0.4, 0.5) is 0 Å². The van der Waals surface area contributed by atoms with Crippen LogP contribution >= 0.6 is 0 Å². The van der Waals surface area contributed by atoms with Gasteiger partial charge < -0.3 is 4.90 Å². The Morgan fingerprint density at radius 2 is 1.65 bits per heavy atom. The average Bonchev–Trinajstić information content (AvgIpc) is 2.86. The fourth-order valence-corrected chi connectivity index (χ4v) is 1.95. The van der Waals surface area contributed by atoms with E-state index in [-0.39, 0.29) is 0 Å². The van der Waals surface area contributed by atoms with Gasteiger partial charge >= 0.3 is 0 Å². The zero-order chi connectivity index (χ0) is 12.9. The Bertz CT molecular complexity index is 206. The van der Waals surface area contributed by atoms with E-state index >= 15 is 0 Å². The topological polar surface area (TPSA) is 3.24 Å². The quantitative estimate of drug-likeness (QED) is 0.575. The lowest BCUT2D eigenvalue weighted by molar-refractivity contribution is 0.321. The number of allylic oxidation sites excluding steroid dienone is 4. The molecule has 0 bridgehead atoms. The molecule has 1 aliphatic carbocycles. The van der Waals surface area contributed by atoms with E-state index in [9.17, 15) is 0 Å². The van der Waals surface area contributed by atoms with E-state index in [0.29, 0.717) is 0 Å². The molecule has 0 unspecified atom stereocenters. The van der Waals surface area contributed by atoms with Crippen molar-refractivity contribution in [1.29, 1.82) is 0 Å². The van der Waals surface area contributed by atoms with Gasteiger partial charge in [-0.05, 0) is 38.9 Å². The SMILES string of the molecule is CCCCCC1=CC=CC1.CCN(CC)CC. The Labute approximate surface area is 109 Å². The van der Waals surface area contributed by atoms with E-state index in [0.717, 1.165) is 0 Å². The van der Waals surface area contributed by atoms with Crippen LogP contribution in [-0.2, 0) is 0 Å². The predicted molar refractivity (Wildman–Crippen MR) is 79.4 cm³/mol. The van der Waals surface area contributed by atoms with Gasteiger partial charge in [0, 0.05) is 0 Å². The first kappa shape index (κ1) is 16.4. The lowest BCUT2D eigenvalue weighted by Gasteiger charge is -2.13. The van der Waals surface area contributed by atoms with Gasteiger partial charge in [-0.1, -0.05) is 64.3 Å². The third-order valence-electron chi connectivity index (χ3n) is 3.29. The van der Waals surface area contributed by atoms with Crippen molar-refractivity contribution < 1.29 is 0 Å². The summed E-state index contributed by atoms with van der Waals surface area (Å²) < 4.78 is 0. The number of hydrogen-bond donors (Lipinski definition) is 0. The zero-order valence-corrected chi connectivity index (χ0v) is 12.3. The van der Waals surface area contributed by atoms with Gasteiger partial charge in [-0.3, -0.25) is 0 Å². The van der Waals surface area contributed by atoms with E-state index in [1.807, 2.05) is 0 Å². The molecule has 17 heavy (non-hydrogen) atoms. The highest BCUT2D eigenvalue weighted by Crippen LogP contribution is 2.17. The van der Waals surface area contributed by atoms with Crippen LogP contribution in [0, 0.1) is 0 Å². The van der Waals surface area contributed by atoms with Gasteiger partial charge in [-0.2, -0.15) is 0 Å². The molecule has 0 heterocycles. The molecule has 0 saturated carbocycles. The first-order chi connectivity index (χ1) is 8.28. The van der Waals surface area contributed by atoms with Crippen molar-refractivity contribution in [3.8, 4) is 0 Å². The van der Waals surface area contributed by atoms with E-state index in [1.165, 1.54) is 51.7 Å². The molecule has 0 N–H and O–H groups in total. The number of hydrogen-bond acceptors (Lipinski definition) is 1. The van der Waals surface area contributed by atoms with Crippen LogP contribution in [0.1, 0.15) is 59.8 Å². The van der Waals surface area contributed by atoms with Gasteiger partial charge in [0.1, 0.15) is 0 Å². The monoisotopic (exact) mass is 237 g/mol. The molecular weight excluding hydrogens is 206 g/mol. The van der Waals surface area contributed by atoms with Crippen LogP contribution in [0.2, 0.25) is 0 Å². The van der Waals surface area contributed by atoms with Gasteiger partial charge in [0.05, 0.1) is 0 Å². The van der Waals surface area contributed by atoms with Crippen LogP contribution in [0.15, 0.2) is 23.8 Å². The Morgan fingerprint density at radius 3 is 2.00 bits per heavy atom. The highest BCUT2D eigenvalue weighted by atomic mass is 15.1. The molecule has 0 aromatic carbocycles. The van der Waals surface area contributed by atoms with Gasteiger partial charge in [-0.25, -0.2) is 0 Å². The van der Waals surface area contributed by atoms with Crippen molar-refractivity contribution in [2.75, 3.05) is 19.6 Å². The van der Waals surface area contributed by atoms with Crippen LogP contribution in [0.3, 0.4) is 0 Å². The summed E-state index contributed by atoms with van der Waals surface area (Å²) in [6, 6.07) is 0. The van der Waals surface area contributed by atoms with Crippen molar-refractivity contribution in [2.45, 2.75) is 59.8 Å². The third-order valence-corrected chi connectivity index (χ3v) is 3.29. The average molecular weight is 237 g/mol. The normalized spacial score (nSPS) is 13.6. The first-order valence-electron chi connectivity index (χ1n) is 7.35. The molecule has 0 amide bonds. The summed E-state index contributed by atoms with van der Waals surface area (Å²) >= 11 is 0. The smallest absolute Gasteiger partial charge is 0.00474 e.